The van der Waals surface area contributed by atoms with Crippen molar-refractivity contribution in [1.82, 2.24) is 5.32 Å². The van der Waals surface area contributed by atoms with Crippen LogP contribution >= 0.6 is 0 Å². The summed E-state index contributed by atoms with van der Waals surface area (Å²) in [6.45, 7) is 5.31. The first-order valence-corrected chi connectivity index (χ1v) is 5.67. The van der Waals surface area contributed by atoms with E-state index < -0.39 is 23.3 Å². The first-order chi connectivity index (χ1) is 7.29. The van der Waals surface area contributed by atoms with E-state index in [4.69, 9.17) is 15.6 Å². The molecule has 0 heterocycles. The van der Waals surface area contributed by atoms with Crippen molar-refractivity contribution < 1.29 is 14.6 Å². The third-order valence-corrected chi connectivity index (χ3v) is 2.90. The van der Waals surface area contributed by atoms with Crippen molar-refractivity contribution in [3.63, 3.8) is 0 Å². The van der Waals surface area contributed by atoms with Crippen LogP contribution in [0.25, 0.3) is 0 Å². The van der Waals surface area contributed by atoms with Crippen LogP contribution in [0.2, 0.25) is 0 Å². The van der Waals surface area contributed by atoms with Crippen LogP contribution in [-0.2, 0) is 4.74 Å². The van der Waals surface area contributed by atoms with Gasteiger partial charge in [-0.25, -0.2) is 4.79 Å². The number of ether oxygens (including phenoxy) is 1. The molecule has 1 fully saturated rings. The van der Waals surface area contributed by atoms with Crippen molar-refractivity contribution in [1.29, 1.82) is 0 Å². The van der Waals surface area contributed by atoms with E-state index in [9.17, 15) is 4.79 Å². The van der Waals surface area contributed by atoms with Gasteiger partial charge in [-0.2, -0.15) is 0 Å². The molecule has 5 heteroatoms. The topological polar surface area (TPSA) is 84.6 Å². The zero-order chi connectivity index (χ0) is 12.4. The van der Waals surface area contributed by atoms with E-state index in [1.807, 2.05) is 20.8 Å². The highest BCUT2D eigenvalue weighted by Crippen LogP contribution is 2.34. The zero-order valence-electron chi connectivity index (χ0n) is 10.2. The molecule has 1 aliphatic rings. The molecule has 0 radical (unpaired) electrons. The maximum atomic E-state index is 11.6. The Morgan fingerprint density at radius 1 is 1.56 bits per heavy atom. The fourth-order valence-electron chi connectivity index (χ4n) is 1.83. The van der Waals surface area contributed by atoms with Gasteiger partial charge >= 0.3 is 6.09 Å². The molecule has 0 saturated heterocycles. The lowest BCUT2D eigenvalue weighted by atomic mass is 9.72. The standard InChI is InChI=1S/C11H22N2O3/c1-10(2,3)16-9(15)13-11(5-4-6-11)8(12)7-14/h8,14H,4-7,12H2,1-3H3,(H,13,15)/t8-/m1/s1. The minimum atomic E-state index is -0.516. The summed E-state index contributed by atoms with van der Waals surface area (Å²) >= 11 is 0. The van der Waals surface area contributed by atoms with Crippen LogP contribution in [-0.4, -0.2) is 35.0 Å². The molecule has 1 amide bonds. The summed E-state index contributed by atoms with van der Waals surface area (Å²) in [5.41, 5.74) is 4.81. The second-order valence-corrected chi connectivity index (χ2v) is 5.43. The van der Waals surface area contributed by atoms with E-state index in [0.29, 0.717) is 0 Å². The van der Waals surface area contributed by atoms with Crippen molar-refractivity contribution in [2.24, 2.45) is 5.73 Å². The number of aliphatic hydroxyl groups is 1. The third kappa shape index (κ3) is 3.09. The Hall–Kier alpha value is -0.810. The quantitative estimate of drug-likeness (QED) is 0.668. The largest absolute Gasteiger partial charge is 0.444 e. The molecule has 0 aliphatic heterocycles. The van der Waals surface area contributed by atoms with Crippen LogP contribution in [0.15, 0.2) is 0 Å². The number of amides is 1. The van der Waals surface area contributed by atoms with E-state index in [0.717, 1.165) is 19.3 Å². The molecule has 0 aromatic heterocycles. The van der Waals surface area contributed by atoms with Gasteiger partial charge in [-0.3, -0.25) is 0 Å². The lowest BCUT2D eigenvalue weighted by Crippen LogP contribution is -2.65. The molecule has 4 N–H and O–H groups in total. The Morgan fingerprint density at radius 3 is 2.44 bits per heavy atom. The molecular formula is C11H22N2O3. The molecule has 16 heavy (non-hydrogen) atoms. The molecule has 1 atom stereocenters. The maximum absolute atomic E-state index is 11.6. The molecule has 0 aromatic carbocycles. The number of carbonyl (C=O) groups is 1. The summed E-state index contributed by atoms with van der Waals surface area (Å²) < 4.78 is 5.18. The number of hydrogen-bond acceptors (Lipinski definition) is 4. The number of carbonyl (C=O) groups excluding carboxylic acids is 1. The highest BCUT2D eigenvalue weighted by molar-refractivity contribution is 5.69. The molecule has 0 bridgehead atoms. The normalized spacial score (nSPS) is 20.8. The van der Waals surface area contributed by atoms with Crippen LogP contribution in [0.5, 0.6) is 0 Å². The highest BCUT2D eigenvalue weighted by atomic mass is 16.6. The second-order valence-electron chi connectivity index (χ2n) is 5.43. The third-order valence-electron chi connectivity index (χ3n) is 2.90. The van der Waals surface area contributed by atoms with Gasteiger partial charge in [0.15, 0.2) is 0 Å². The van der Waals surface area contributed by atoms with Gasteiger partial charge in [0.25, 0.3) is 0 Å². The fraction of sp³-hybridized carbons (Fsp3) is 0.909. The molecule has 94 valence electrons. The predicted octanol–water partition coefficient (Wildman–Crippen LogP) is 0.753. The van der Waals surface area contributed by atoms with Gasteiger partial charge in [-0.1, -0.05) is 0 Å². The lowest BCUT2D eigenvalue weighted by molar-refractivity contribution is 0.0300. The van der Waals surface area contributed by atoms with Gasteiger partial charge in [-0.05, 0) is 40.0 Å². The predicted molar refractivity (Wildman–Crippen MR) is 61.0 cm³/mol. The monoisotopic (exact) mass is 230 g/mol. The number of nitrogens with two attached hydrogens (primary N) is 1. The number of nitrogens with one attached hydrogen (secondary N) is 1. The van der Waals surface area contributed by atoms with Crippen LogP contribution < -0.4 is 11.1 Å². The zero-order valence-corrected chi connectivity index (χ0v) is 10.2. The number of aliphatic hydroxyl groups excluding tert-OH is 1. The van der Waals surface area contributed by atoms with E-state index in [1.54, 1.807) is 0 Å². The number of alkyl carbamates (subject to hydrolysis) is 1. The minimum Gasteiger partial charge on any atom is -0.444 e. The van der Waals surface area contributed by atoms with Crippen molar-refractivity contribution in [3.8, 4) is 0 Å². The summed E-state index contributed by atoms with van der Waals surface area (Å²) in [4.78, 5) is 11.6. The SMILES string of the molecule is CC(C)(C)OC(=O)NC1([C@H](N)CO)CCC1. The smallest absolute Gasteiger partial charge is 0.408 e. The average molecular weight is 230 g/mol. The van der Waals surface area contributed by atoms with Gasteiger partial charge < -0.3 is 20.9 Å². The van der Waals surface area contributed by atoms with Crippen LogP contribution in [0, 0.1) is 0 Å². The van der Waals surface area contributed by atoms with E-state index in [1.165, 1.54) is 0 Å². The first-order valence-electron chi connectivity index (χ1n) is 5.67. The van der Waals surface area contributed by atoms with Gasteiger partial charge in [0.2, 0.25) is 0 Å². The van der Waals surface area contributed by atoms with Crippen molar-refractivity contribution in [3.05, 3.63) is 0 Å². The maximum Gasteiger partial charge on any atom is 0.408 e. The van der Waals surface area contributed by atoms with Gasteiger partial charge in [0, 0.05) is 0 Å². The van der Waals surface area contributed by atoms with Gasteiger partial charge in [-0.15, -0.1) is 0 Å². The van der Waals surface area contributed by atoms with Gasteiger partial charge in [0.1, 0.15) is 5.60 Å². The van der Waals surface area contributed by atoms with Crippen molar-refractivity contribution in [2.75, 3.05) is 6.61 Å². The Morgan fingerprint density at radius 2 is 2.12 bits per heavy atom. The average Bonchev–Trinajstić information content (AvgIpc) is 2.07. The molecule has 0 spiro atoms. The van der Waals surface area contributed by atoms with E-state index in [2.05, 4.69) is 5.32 Å². The summed E-state index contributed by atoms with van der Waals surface area (Å²) in [6, 6.07) is -0.422. The first kappa shape index (κ1) is 13.3. The molecule has 0 unspecified atom stereocenters. The Balaban J connectivity index is 2.54. The Bertz CT molecular complexity index is 256. The summed E-state index contributed by atoms with van der Waals surface area (Å²) in [6.07, 6.45) is 2.15. The van der Waals surface area contributed by atoms with E-state index in [-0.39, 0.29) is 6.61 Å². The Labute approximate surface area is 96.3 Å². The van der Waals surface area contributed by atoms with E-state index >= 15 is 0 Å². The summed E-state index contributed by atoms with van der Waals surface area (Å²) in [5.74, 6) is 0. The van der Waals surface area contributed by atoms with Crippen LogP contribution in [0.1, 0.15) is 40.0 Å². The molecular weight excluding hydrogens is 208 g/mol. The van der Waals surface area contributed by atoms with Crippen molar-refractivity contribution >= 4 is 6.09 Å². The fourth-order valence-corrected chi connectivity index (χ4v) is 1.83. The number of rotatable bonds is 3. The van der Waals surface area contributed by atoms with Crippen LogP contribution in [0.4, 0.5) is 4.79 Å². The number of hydrogen-bond donors (Lipinski definition) is 3. The molecule has 1 saturated carbocycles. The molecule has 5 nitrogen and oxygen atoms in total. The van der Waals surface area contributed by atoms with Crippen LogP contribution in [0.3, 0.4) is 0 Å². The summed E-state index contributed by atoms with van der Waals surface area (Å²) in [5, 5.41) is 11.9. The highest BCUT2D eigenvalue weighted by Gasteiger charge is 2.44. The lowest BCUT2D eigenvalue weighted by Gasteiger charge is -2.46. The van der Waals surface area contributed by atoms with Gasteiger partial charge in [0.05, 0.1) is 18.2 Å². The Kier molecular flexibility index (Phi) is 3.80. The summed E-state index contributed by atoms with van der Waals surface area (Å²) in [7, 11) is 0. The van der Waals surface area contributed by atoms with Crippen molar-refractivity contribution in [2.45, 2.75) is 57.2 Å². The molecule has 0 aromatic rings. The minimum absolute atomic E-state index is 0.129. The second kappa shape index (κ2) is 4.59. The molecule has 1 rings (SSSR count). The molecule has 1 aliphatic carbocycles.